The van der Waals surface area contributed by atoms with Gasteiger partial charge < -0.3 is 4.90 Å². The van der Waals surface area contributed by atoms with Crippen molar-refractivity contribution in [3.63, 3.8) is 0 Å². The highest BCUT2D eigenvalue weighted by Crippen LogP contribution is 2.50. The molecule has 276 valence electrons. The van der Waals surface area contributed by atoms with E-state index in [-0.39, 0.29) is 0 Å². The van der Waals surface area contributed by atoms with Gasteiger partial charge in [0, 0.05) is 17.1 Å². The van der Waals surface area contributed by atoms with E-state index in [9.17, 15) is 0 Å². The lowest BCUT2D eigenvalue weighted by Crippen LogP contribution is -2.09. The number of benzene rings is 11. The normalized spacial score (nSPS) is 11.4. The second-order valence-corrected chi connectivity index (χ2v) is 15.2. The molecule has 59 heavy (non-hydrogen) atoms. The number of hydrogen-bond donors (Lipinski definition) is 0. The summed E-state index contributed by atoms with van der Waals surface area (Å²) in [6, 6.07) is 86.3. The summed E-state index contributed by atoms with van der Waals surface area (Å²) >= 11 is 0. The number of rotatable bonds is 7. The molecular formula is C58H39N. The van der Waals surface area contributed by atoms with Crippen molar-refractivity contribution in [3.8, 4) is 44.5 Å². The molecule has 1 heteroatoms. The highest BCUT2D eigenvalue weighted by molar-refractivity contribution is 6.33. The van der Waals surface area contributed by atoms with E-state index >= 15 is 0 Å². The highest BCUT2D eigenvalue weighted by Gasteiger charge is 2.23. The van der Waals surface area contributed by atoms with Crippen LogP contribution in [0.1, 0.15) is 0 Å². The number of hydrogen-bond acceptors (Lipinski definition) is 1. The Balaban J connectivity index is 1.24. The van der Waals surface area contributed by atoms with Crippen molar-refractivity contribution in [2.75, 3.05) is 4.90 Å². The largest absolute Gasteiger partial charge is 0.310 e. The molecule has 0 aliphatic carbocycles. The molecule has 0 bridgehead atoms. The molecule has 0 aliphatic heterocycles. The van der Waals surface area contributed by atoms with Gasteiger partial charge in [-0.3, -0.25) is 0 Å². The number of para-hydroxylation sites is 1. The van der Waals surface area contributed by atoms with Gasteiger partial charge in [0.2, 0.25) is 0 Å². The lowest BCUT2D eigenvalue weighted by atomic mass is 9.81. The van der Waals surface area contributed by atoms with Crippen molar-refractivity contribution in [2.24, 2.45) is 0 Å². The molecule has 1 nitrogen and oxygen atoms in total. The minimum atomic E-state index is 1.11. The van der Waals surface area contributed by atoms with Gasteiger partial charge in [0.05, 0.1) is 0 Å². The lowest BCUT2D eigenvalue weighted by Gasteiger charge is -2.27. The second kappa shape index (κ2) is 14.6. The summed E-state index contributed by atoms with van der Waals surface area (Å²) in [5.74, 6) is 0. The summed E-state index contributed by atoms with van der Waals surface area (Å²) in [4.78, 5) is 2.39. The van der Waals surface area contributed by atoms with Crippen LogP contribution in [0.25, 0.3) is 87.6 Å². The molecule has 11 aromatic rings. The predicted octanol–water partition coefficient (Wildman–Crippen LogP) is 16.4. The van der Waals surface area contributed by atoms with E-state index in [0.717, 1.165) is 17.1 Å². The Hall–Kier alpha value is -7.74. The zero-order chi connectivity index (χ0) is 39.1. The van der Waals surface area contributed by atoms with Gasteiger partial charge in [0.15, 0.2) is 0 Å². The fourth-order valence-corrected chi connectivity index (χ4v) is 9.07. The first-order valence-corrected chi connectivity index (χ1v) is 20.3. The Morgan fingerprint density at radius 2 is 0.729 bits per heavy atom. The zero-order valence-electron chi connectivity index (χ0n) is 32.5. The predicted molar refractivity (Wildman–Crippen MR) is 253 cm³/mol. The maximum atomic E-state index is 2.45. The molecule has 0 heterocycles. The Bertz CT molecular complexity index is 3280. The molecule has 0 saturated carbocycles. The molecule has 0 atom stereocenters. The average molecular weight is 750 g/mol. The summed E-state index contributed by atoms with van der Waals surface area (Å²) in [5, 5.41) is 9.90. The molecule has 11 aromatic carbocycles. The Kier molecular flexibility index (Phi) is 8.56. The first kappa shape index (κ1) is 34.5. The van der Waals surface area contributed by atoms with Crippen LogP contribution in [-0.4, -0.2) is 0 Å². The summed E-state index contributed by atoms with van der Waals surface area (Å²) in [5.41, 5.74) is 13.1. The van der Waals surface area contributed by atoms with E-state index in [1.165, 1.54) is 87.6 Å². The van der Waals surface area contributed by atoms with Crippen molar-refractivity contribution < 1.29 is 0 Å². The lowest BCUT2D eigenvalue weighted by molar-refractivity contribution is 1.29. The number of nitrogens with zero attached hydrogens (tertiary/aromatic N) is 1. The standard InChI is InChI=1S/C58H39N/c1-5-17-40(18-6-1)42-29-31-45(32-30-42)56-53(43-20-7-2-8-21-43)39-54(44-22-9-3-10-23-44)57-52-36-35-49(38-55(52)50-27-15-16-28-51(50)58(56)57)59(47-25-11-4-12-26-47)48-34-33-41-19-13-14-24-46(41)37-48/h1-39H. The van der Waals surface area contributed by atoms with E-state index in [2.05, 4.69) is 241 Å². The first-order chi connectivity index (χ1) is 29.3. The molecule has 0 unspecified atom stereocenters. The van der Waals surface area contributed by atoms with E-state index in [1.807, 2.05) is 0 Å². The third kappa shape index (κ3) is 6.12. The minimum absolute atomic E-state index is 1.11. The van der Waals surface area contributed by atoms with Crippen LogP contribution >= 0.6 is 0 Å². The van der Waals surface area contributed by atoms with Gasteiger partial charge in [-0.15, -0.1) is 0 Å². The fraction of sp³-hybridized carbons (Fsp3) is 0. The van der Waals surface area contributed by atoms with E-state index < -0.39 is 0 Å². The molecule has 0 amide bonds. The van der Waals surface area contributed by atoms with Crippen molar-refractivity contribution in [1.29, 1.82) is 0 Å². The van der Waals surface area contributed by atoms with Gasteiger partial charge in [-0.05, 0) is 130 Å². The molecule has 0 spiro atoms. The van der Waals surface area contributed by atoms with Crippen LogP contribution in [0.5, 0.6) is 0 Å². The van der Waals surface area contributed by atoms with Gasteiger partial charge in [0.25, 0.3) is 0 Å². The quantitative estimate of drug-likeness (QED) is 0.147. The van der Waals surface area contributed by atoms with Crippen molar-refractivity contribution in [3.05, 3.63) is 237 Å². The molecular weight excluding hydrogens is 711 g/mol. The van der Waals surface area contributed by atoms with Crippen molar-refractivity contribution in [1.82, 2.24) is 0 Å². The molecule has 11 rings (SSSR count). The van der Waals surface area contributed by atoms with Crippen molar-refractivity contribution >= 4 is 60.2 Å². The monoisotopic (exact) mass is 749 g/mol. The van der Waals surface area contributed by atoms with Gasteiger partial charge in [-0.1, -0.05) is 194 Å². The number of fused-ring (bicyclic) bond motifs is 7. The smallest absolute Gasteiger partial charge is 0.0468 e. The molecule has 0 aliphatic rings. The van der Waals surface area contributed by atoms with E-state index in [0.29, 0.717) is 0 Å². The molecule has 0 saturated heterocycles. The number of anilines is 3. The van der Waals surface area contributed by atoms with Gasteiger partial charge in [0.1, 0.15) is 0 Å². The molecule has 0 radical (unpaired) electrons. The summed E-state index contributed by atoms with van der Waals surface area (Å²) in [7, 11) is 0. The van der Waals surface area contributed by atoms with Crippen molar-refractivity contribution in [2.45, 2.75) is 0 Å². The van der Waals surface area contributed by atoms with Gasteiger partial charge >= 0.3 is 0 Å². The summed E-state index contributed by atoms with van der Waals surface area (Å²) < 4.78 is 0. The fourth-order valence-electron chi connectivity index (χ4n) is 9.07. The maximum Gasteiger partial charge on any atom is 0.0468 e. The maximum absolute atomic E-state index is 2.45. The van der Waals surface area contributed by atoms with E-state index in [1.54, 1.807) is 0 Å². The Morgan fingerprint density at radius 1 is 0.237 bits per heavy atom. The molecule has 0 fully saturated rings. The topological polar surface area (TPSA) is 3.24 Å². The Morgan fingerprint density at radius 3 is 1.42 bits per heavy atom. The second-order valence-electron chi connectivity index (χ2n) is 15.2. The van der Waals surface area contributed by atoms with Crippen LogP contribution in [0.15, 0.2) is 237 Å². The summed E-state index contributed by atoms with van der Waals surface area (Å²) in [6.45, 7) is 0. The zero-order valence-corrected chi connectivity index (χ0v) is 32.5. The van der Waals surface area contributed by atoms with Crippen LogP contribution in [0.4, 0.5) is 17.1 Å². The minimum Gasteiger partial charge on any atom is -0.310 e. The van der Waals surface area contributed by atoms with Crippen LogP contribution in [0, 0.1) is 0 Å². The summed E-state index contributed by atoms with van der Waals surface area (Å²) in [6.07, 6.45) is 0. The van der Waals surface area contributed by atoms with E-state index in [4.69, 9.17) is 0 Å². The highest BCUT2D eigenvalue weighted by atomic mass is 15.1. The third-order valence-corrected chi connectivity index (χ3v) is 11.8. The average Bonchev–Trinajstić information content (AvgIpc) is 3.32. The van der Waals surface area contributed by atoms with Crippen LogP contribution < -0.4 is 4.90 Å². The molecule has 0 N–H and O–H groups in total. The SMILES string of the molecule is c1ccc(-c2ccc(-c3c(-c4ccccc4)cc(-c4ccccc4)c4c5ccc(N(c6ccccc6)c6ccc7ccccc7c6)cc5c5ccccc5c34)cc2)cc1. The van der Waals surface area contributed by atoms with Crippen LogP contribution in [0.2, 0.25) is 0 Å². The molecule has 0 aromatic heterocycles. The van der Waals surface area contributed by atoms with Gasteiger partial charge in [-0.25, -0.2) is 0 Å². The first-order valence-electron chi connectivity index (χ1n) is 20.3. The van der Waals surface area contributed by atoms with Crippen LogP contribution in [0.3, 0.4) is 0 Å². The Labute approximate surface area is 344 Å². The third-order valence-electron chi connectivity index (χ3n) is 11.8. The van der Waals surface area contributed by atoms with Crippen LogP contribution in [-0.2, 0) is 0 Å². The van der Waals surface area contributed by atoms with Gasteiger partial charge in [-0.2, -0.15) is 0 Å².